The van der Waals surface area contributed by atoms with E-state index in [1.54, 1.807) is 0 Å². The Balaban J connectivity index is 2.70. The summed E-state index contributed by atoms with van der Waals surface area (Å²) >= 11 is 0. The first kappa shape index (κ1) is 12.9. The monoisotopic (exact) mass is 219 g/mol. The molecule has 1 aromatic rings. The van der Waals surface area contributed by atoms with Crippen molar-refractivity contribution in [1.82, 2.24) is 0 Å². The second-order valence-corrected chi connectivity index (χ2v) is 4.74. The van der Waals surface area contributed by atoms with Gasteiger partial charge in [-0.3, -0.25) is 4.79 Å². The number of benzene rings is 1. The van der Waals surface area contributed by atoms with Crippen molar-refractivity contribution >= 4 is 5.78 Å². The van der Waals surface area contributed by atoms with Crippen molar-refractivity contribution in [3.63, 3.8) is 0 Å². The Morgan fingerprint density at radius 3 is 2.19 bits per heavy atom. The van der Waals surface area contributed by atoms with Crippen LogP contribution in [0.25, 0.3) is 0 Å². The van der Waals surface area contributed by atoms with Crippen LogP contribution >= 0.6 is 0 Å². The first-order chi connectivity index (χ1) is 7.54. The number of rotatable bonds is 5. The molecular formula is C14H21NO. The van der Waals surface area contributed by atoms with Gasteiger partial charge in [0, 0.05) is 12.0 Å². The topological polar surface area (TPSA) is 43.1 Å². The van der Waals surface area contributed by atoms with Crippen LogP contribution in [0, 0.1) is 5.92 Å². The lowest BCUT2D eigenvalue weighted by Gasteiger charge is -2.09. The van der Waals surface area contributed by atoms with Gasteiger partial charge in [0.15, 0.2) is 5.78 Å². The van der Waals surface area contributed by atoms with Crippen molar-refractivity contribution in [3.8, 4) is 0 Å². The van der Waals surface area contributed by atoms with E-state index in [0.29, 0.717) is 18.9 Å². The molecule has 16 heavy (non-hydrogen) atoms. The SMILES string of the molecule is CC(CN)CC(=O)c1ccc(C(C)C)cc1. The van der Waals surface area contributed by atoms with Gasteiger partial charge in [-0.25, -0.2) is 0 Å². The van der Waals surface area contributed by atoms with E-state index < -0.39 is 0 Å². The number of carbonyl (C=O) groups excluding carboxylic acids is 1. The molecular weight excluding hydrogens is 198 g/mol. The molecule has 0 bridgehead atoms. The van der Waals surface area contributed by atoms with Crippen molar-refractivity contribution in [3.05, 3.63) is 35.4 Å². The number of hydrogen-bond acceptors (Lipinski definition) is 2. The summed E-state index contributed by atoms with van der Waals surface area (Å²) in [6, 6.07) is 7.90. The van der Waals surface area contributed by atoms with E-state index in [2.05, 4.69) is 13.8 Å². The van der Waals surface area contributed by atoms with E-state index in [0.717, 1.165) is 5.56 Å². The lowest BCUT2D eigenvalue weighted by atomic mass is 9.97. The van der Waals surface area contributed by atoms with Crippen molar-refractivity contribution in [2.45, 2.75) is 33.1 Å². The predicted octanol–water partition coefficient (Wildman–Crippen LogP) is 2.98. The number of hydrogen-bond donors (Lipinski definition) is 1. The summed E-state index contributed by atoms with van der Waals surface area (Å²) in [5.41, 5.74) is 7.57. The molecule has 0 aliphatic heterocycles. The standard InChI is InChI=1S/C14H21NO/c1-10(2)12-4-6-13(7-5-12)14(16)8-11(3)9-15/h4-7,10-11H,8-9,15H2,1-3H3. The highest BCUT2D eigenvalue weighted by Crippen LogP contribution is 2.16. The molecule has 1 unspecified atom stereocenters. The van der Waals surface area contributed by atoms with Crippen LogP contribution in [0.1, 0.15) is 49.0 Å². The maximum Gasteiger partial charge on any atom is 0.163 e. The van der Waals surface area contributed by atoms with Crippen LogP contribution in [0.5, 0.6) is 0 Å². The van der Waals surface area contributed by atoms with Crippen LogP contribution in [0.4, 0.5) is 0 Å². The Bertz CT molecular complexity index is 340. The Morgan fingerprint density at radius 1 is 1.19 bits per heavy atom. The molecule has 1 atom stereocenters. The third-order valence-corrected chi connectivity index (χ3v) is 2.84. The zero-order valence-corrected chi connectivity index (χ0v) is 10.4. The smallest absolute Gasteiger partial charge is 0.163 e. The molecule has 0 aliphatic carbocycles. The number of nitrogens with two attached hydrogens (primary N) is 1. The van der Waals surface area contributed by atoms with Crippen molar-refractivity contribution in [1.29, 1.82) is 0 Å². The summed E-state index contributed by atoms with van der Waals surface area (Å²) in [5.74, 6) is 0.956. The fraction of sp³-hybridized carbons (Fsp3) is 0.500. The first-order valence-electron chi connectivity index (χ1n) is 5.87. The van der Waals surface area contributed by atoms with Crippen molar-refractivity contribution in [2.24, 2.45) is 11.7 Å². The molecule has 2 N–H and O–H groups in total. The molecule has 88 valence electrons. The van der Waals surface area contributed by atoms with E-state index in [9.17, 15) is 4.79 Å². The minimum Gasteiger partial charge on any atom is -0.330 e. The van der Waals surface area contributed by atoms with Gasteiger partial charge in [-0.2, -0.15) is 0 Å². The highest BCUT2D eigenvalue weighted by Gasteiger charge is 2.10. The molecule has 0 fully saturated rings. The van der Waals surface area contributed by atoms with Gasteiger partial charge in [0.05, 0.1) is 0 Å². The maximum absolute atomic E-state index is 11.8. The summed E-state index contributed by atoms with van der Waals surface area (Å²) in [4.78, 5) is 11.8. The minimum absolute atomic E-state index is 0.188. The quantitative estimate of drug-likeness (QED) is 0.774. The second kappa shape index (κ2) is 5.80. The molecule has 2 nitrogen and oxygen atoms in total. The number of ketones is 1. The Morgan fingerprint density at radius 2 is 1.75 bits per heavy atom. The molecule has 0 heterocycles. The molecule has 0 radical (unpaired) electrons. The maximum atomic E-state index is 11.8. The number of Topliss-reactive ketones (excluding diaryl/α,β-unsaturated/α-hetero) is 1. The average Bonchev–Trinajstić information content (AvgIpc) is 2.28. The van der Waals surface area contributed by atoms with Crippen molar-refractivity contribution < 1.29 is 4.79 Å². The van der Waals surface area contributed by atoms with Crippen LogP contribution in [-0.2, 0) is 0 Å². The van der Waals surface area contributed by atoms with Gasteiger partial charge >= 0.3 is 0 Å². The van der Waals surface area contributed by atoms with Crippen LogP contribution in [0.15, 0.2) is 24.3 Å². The number of carbonyl (C=O) groups is 1. The molecule has 0 saturated carbocycles. The summed E-state index contributed by atoms with van der Waals surface area (Å²) in [6.07, 6.45) is 0.539. The zero-order valence-electron chi connectivity index (χ0n) is 10.4. The normalized spacial score (nSPS) is 12.8. The molecule has 0 saturated heterocycles. The summed E-state index contributed by atoms with van der Waals surface area (Å²) in [5, 5.41) is 0. The molecule has 0 aliphatic rings. The van der Waals surface area contributed by atoms with Crippen LogP contribution in [-0.4, -0.2) is 12.3 Å². The highest BCUT2D eigenvalue weighted by atomic mass is 16.1. The lowest BCUT2D eigenvalue weighted by Crippen LogP contribution is -2.15. The third-order valence-electron chi connectivity index (χ3n) is 2.84. The molecule has 0 amide bonds. The van der Waals surface area contributed by atoms with Crippen molar-refractivity contribution in [2.75, 3.05) is 6.54 Å². The molecule has 2 heteroatoms. The van der Waals surface area contributed by atoms with Gasteiger partial charge in [-0.15, -0.1) is 0 Å². The lowest BCUT2D eigenvalue weighted by molar-refractivity contribution is 0.0966. The zero-order chi connectivity index (χ0) is 12.1. The first-order valence-corrected chi connectivity index (χ1v) is 5.87. The van der Waals surface area contributed by atoms with E-state index in [-0.39, 0.29) is 11.7 Å². The highest BCUT2D eigenvalue weighted by molar-refractivity contribution is 5.96. The van der Waals surface area contributed by atoms with Gasteiger partial charge in [0.25, 0.3) is 0 Å². The van der Waals surface area contributed by atoms with Gasteiger partial charge in [-0.1, -0.05) is 45.0 Å². The summed E-state index contributed by atoms with van der Waals surface area (Å²) in [7, 11) is 0. The fourth-order valence-electron chi connectivity index (χ4n) is 1.57. The predicted molar refractivity (Wildman–Crippen MR) is 67.7 cm³/mol. The summed E-state index contributed by atoms with van der Waals surface area (Å²) in [6.45, 7) is 6.86. The van der Waals surface area contributed by atoms with E-state index in [1.807, 2.05) is 31.2 Å². The van der Waals surface area contributed by atoms with Gasteiger partial charge in [-0.05, 0) is 23.9 Å². The van der Waals surface area contributed by atoms with Crippen LogP contribution in [0.2, 0.25) is 0 Å². The molecule has 0 spiro atoms. The molecule has 1 rings (SSSR count). The Labute approximate surface area is 97.9 Å². The third kappa shape index (κ3) is 3.46. The fourth-order valence-corrected chi connectivity index (χ4v) is 1.57. The average molecular weight is 219 g/mol. The minimum atomic E-state index is 0.188. The van der Waals surface area contributed by atoms with E-state index in [1.165, 1.54) is 5.56 Å². The van der Waals surface area contributed by atoms with Crippen LogP contribution < -0.4 is 5.73 Å². The van der Waals surface area contributed by atoms with Crippen LogP contribution in [0.3, 0.4) is 0 Å². The molecule has 1 aromatic carbocycles. The van der Waals surface area contributed by atoms with Gasteiger partial charge < -0.3 is 5.73 Å². The molecule has 0 aromatic heterocycles. The largest absolute Gasteiger partial charge is 0.330 e. The van der Waals surface area contributed by atoms with E-state index >= 15 is 0 Å². The van der Waals surface area contributed by atoms with E-state index in [4.69, 9.17) is 5.73 Å². The Kier molecular flexibility index (Phi) is 4.69. The second-order valence-electron chi connectivity index (χ2n) is 4.74. The summed E-state index contributed by atoms with van der Waals surface area (Å²) < 4.78 is 0. The van der Waals surface area contributed by atoms with Gasteiger partial charge in [0.2, 0.25) is 0 Å². The Hall–Kier alpha value is -1.15. The van der Waals surface area contributed by atoms with Gasteiger partial charge in [0.1, 0.15) is 0 Å².